The van der Waals surface area contributed by atoms with Gasteiger partial charge in [-0.1, -0.05) is 28.1 Å². The van der Waals surface area contributed by atoms with Gasteiger partial charge in [-0.2, -0.15) is 5.10 Å². The molecule has 3 nitrogen and oxygen atoms in total. The first kappa shape index (κ1) is 13.3. The number of hydrogen-bond acceptors (Lipinski definition) is 2. The second-order valence-corrected chi connectivity index (χ2v) is 5.16. The van der Waals surface area contributed by atoms with E-state index in [0.717, 1.165) is 17.4 Å². The molecule has 0 spiro atoms. The van der Waals surface area contributed by atoms with E-state index < -0.39 is 0 Å². The summed E-state index contributed by atoms with van der Waals surface area (Å²) in [5.74, 6) is 0. The van der Waals surface area contributed by atoms with Gasteiger partial charge in [-0.3, -0.25) is 4.68 Å². The molecule has 0 fully saturated rings. The van der Waals surface area contributed by atoms with Gasteiger partial charge in [0.25, 0.3) is 0 Å². The van der Waals surface area contributed by atoms with Gasteiger partial charge in [0.1, 0.15) is 0 Å². The zero-order valence-corrected chi connectivity index (χ0v) is 12.3. The van der Waals surface area contributed by atoms with E-state index in [2.05, 4.69) is 63.6 Å². The van der Waals surface area contributed by atoms with Crippen molar-refractivity contribution >= 4 is 15.9 Å². The molecule has 18 heavy (non-hydrogen) atoms. The molecule has 1 heterocycles. The van der Waals surface area contributed by atoms with E-state index in [1.54, 1.807) is 0 Å². The summed E-state index contributed by atoms with van der Waals surface area (Å²) in [5.41, 5.74) is 2.56. The van der Waals surface area contributed by atoms with Crippen LogP contribution in [0.1, 0.15) is 24.2 Å². The minimum atomic E-state index is 0.300. The van der Waals surface area contributed by atoms with Crippen LogP contribution in [0.25, 0.3) is 0 Å². The SMILES string of the molecule is CCn1nccc1C(Cc1ccc(Br)cc1)NC. The molecule has 2 aromatic rings. The Morgan fingerprint density at radius 2 is 2.00 bits per heavy atom. The Morgan fingerprint density at radius 1 is 1.28 bits per heavy atom. The summed E-state index contributed by atoms with van der Waals surface area (Å²) in [6, 6.07) is 10.9. The predicted molar refractivity (Wildman–Crippen MR) is 77.5 cm³/mol. The Hall–Kier alpha value is -1.13. The lowest BCUT2D eigenvalue weighted by molar-refractivity contribution is 0.513. The lowest BCUT2D eigenvalue weighted by atomic mass is 10.0. The van der Waals surface area contributed by atoms with Gasteiger partial charge < -0.3 is 5.32 Å². The van der Waals surface area contributed by atoms with E-state index >= 15 is 0 Å². The molecule has 1 atom stereocenters. The van der Waals surface area contributed by atoms with Crippen LogP contribution in [0.15, 0.2) is 41.0 Å². The zero-order valence-electron chi connectivity index (χ0n) is 10.7. The van der Waals surface area contributed by atoms with Gasteiger partial charge in [0.05, 0.1) is 11.7 Å². The summed E-state index contributed by atoms with van der Waals surface area (Å²) in [7, 11) is 2.00. The minimum absolute atomic E-state index is 0.300. The molecule has 0 saturated heterocycles. The van der Waals surface area contributed by atoms with Crippen molar-refractivity contribution in [1.29, 1.82) is 0 Å². The smallest absolute Gasteiger partial charge is 0.0556 e. The van der Waals surface area contributed by atoms with Crippen LogP contribution < -0.4 is 5.32 Å². The number of hydrogen-bond donors (Lipinski definition) is 1. The standard InChI is InChI=1S/C14H18BrN3/c1-3-18-14(8-9-17-18)13(16-2)10-11-4-6-12(15)7-5-11/h4-9,13,16H,3,10H2,1-2H3. The summed E-state index contributed by atoms with van der Waals surface area (Å²) in [5, 5.41) is 7.70. The molecular formula is C14H18BrN3. The van der Waals surface area contributed by atoms with Gasteiger partial charge in [-0.25, -0.2) is 0 Å². The summed E-state index contributed by atoms with van der Waals surface area (Å²) in [6.07, 6.45) is 2.83. The molecule has 0 radical (unpaired) electrons. The lowest BCUT2D eigenvalue weighted by Crippen LogP contribution is -2.22. The van der Waals surface area contributed by atoms with E-state index in [1.807, 2.05) is 17.9 Å². The van der Waals surface area contributed by atoms with Crippen LogP contribution in [0.5, 0.6) is 0 Å². The third kappa shape index (κ3) is 3.00. The molecule has 96 valence electrons. The van der Waals surface area contributed by atoms with E-state index in [9.17, 15) is 0 Å². The summed E-state index contributed by atoms with van der Waals surface area (Å²) in [4.78, 5) is 0. The van der Waals surface area contributed by atoms with E-state index in [1.165, 1.54) is 11.3 Å². The van der Waals surface area contributed by atoms with Gasteiger partial charge in [-0.05, 0) is 44.2 Å². The Labute approximate surface area is 116 Å². The van der Waals surface area contributed by atoms with Crippen molar-refractivity contribution in [3.05, 3.63) is 52.3 Å². The van der Waals surface area contributed by atoms with Crippen molar-refractivity contribution in [2.45, 2.75) is 25.9 Å². The van der Waals surface area contributed by atoms with E-state index in [4.69, 9.17) is 0 Å². The summed E-state index contributed by atoms with van der Waals surface area (Å²) in [6.45, 7) is 3.02. The molecule has 1 N–H and O–H groups in total. The highest BCUT2D eigenvalue weighted by atomic mass is 79.9. The topological polar surface area (TPSA) is 29.9 Å². The Bertz CT molecular complexity index is 490. The van der Waals surface area contributed by atoms with Crippen LogP contribution in [0, 0.1) is 0 Å². The van der Waals surface area contributed by atoms with Crippen molar-refractivity contribution in [2.24, 2.45) is 0 Å². The number of nitrogens with one attached hydrogen (secondary N) is 1. The maximum absolute atomic E-state index is 4.33. The van der Waals surface area contributed by atoms with Crippen molar-refractivity contribution in [3.8, 4) is 0 Å². The van der Waals surface area contributed by atoms with Crippen LogP contribution in [-0.4, -0.2) is 16.8 Å². The van der Waals surface area contributed by atoms with Crippen molar-refractivity contribution in [3.63, 3.8) is 0 Å². The lowest BCUT2D eigenvalue weighted by Gasteiger charge is -2.17. The number of rotatable bonds is 5. The second-order valence-electron chi connectivity index (χ2n) is 4.24. The van der Waals surface area contributed by atoms with Gasteiger partial charge >= 0.3 is 0 Å². The fourth-order valence-corrected chi connectivity index (χ4v) is 2.38. The third-order valence-corrected chi connectivity index (χ3v) is 3.64. The number of aryl methyl sites for hydroxylation is 1. The fourth-order valence-electron chi connectivity index (χ4n) is 2.11. The highest BCUT2D eigenvalue weighted by Crippen LogP contribution is 2.19. The quantitative estimate of drug-likeness (QED) is 0.919. The number of halogens is 1. The maximum Gasteiger partial charge on any atom is 0.0556 e. The number of aromatic nitrogens is 2. The molecule has 0 amide bonds. The van der Waals surface area contributed by atoms with Crippen LogP contribution in [0.2, 0.25) is 0 Å². The average Bonchev–Trinajstić information content (AvgIpc) is 2.86. The first-order valence-corrected chi connectivity index (χ1v) is 6.97. The van der Waals surface area contributed by atoms with E-state index in [0.29, 0.717) is 6.04 Å². The predicted octanol–water partition coefficient (Wildman–Crippen LogP) is 3.17. The van der Waals surface area contributed by atoms with Gasteiger partial charge in [0.15, 0.2) is 0 Å². The third-order valence-electron chi connectivity index (χ3n) is 3.11. The highest BCUT2D eigenvalue weighted by Gasteiger charge is 2.14. The fraction of sp³-hybridized carbons (Fsp3) is 0.357. The Morgan fingerprint density at radius 3 is 2.61 bits per heavy atom. The van der Waals surface area contributed by atoms with Gasteiger partial charge in [-0.15, -0.1) is 0 Å². The molecule has 0 aliphatic rings. The second kappa shape index (κ2) is 6.16. The summed E-state index contributed by atoms with van der Waals surface area (Å²) < 4.78 is 3.16. The normalized spacial score (nSPS) is 12.6. The van der Waals surface area contributed by atoms with E-state index in [-0.39, 0.29) is 0 Å². The minimum Gasteiger partial charge on any atom is -0.311 e. The largest absolute Gasteiger partial charge is 0.311 e. The van der Waals surface area contributed by atoms with Crippen LogP contribution in [0.4, 0.5) is 0 Å². The Kier molecular flexibility index (Phi) is 4.55. The number of likely N-dealkylation sites (N-methyl/N-ethyl adjacent to an activating group) is 1. The zero-order chi connectivity index (χ0) is 13.0. The Balaban J connectivity index is 2.17. The molecule has 0 bridgehead atoms. The molecular weight excluding hydrogens is 290 g/mol. The van der Waals surface area contributed by atoms with Crippen molar-refractivity contribution in [2.75, 3.05) is 7.05 Å². The monoisotopic (exact) mass is 307 g/mol. The molecule has 4 heteroatoms. The van der Waals surface area contributed by atoms with Crippen molar-refractivity contribution in [1.82, 2.24) is 15.1 Å². The molecule has 0 saturated carbocycles. The van der Waals surface area contributed by atoms with Gasteiger partial charge in [0.2, 0.25) is 0 Å². The first-order valence-electron chi connectivity index (χ1n) is 6.18. The first-order chi connectivity index (χ1) is 8.74. The van der Waals surface area contributed by atoms with Crippen LogP contribution >= 0.6 is 15.9 Å². The molecule has 1 aromatic carbocycles. The highest BCUT2D eigenvalue weighted by molar-refractivity contribution is 9.10. The van der Waals surface area contributed by atoms with Crippen molar-refractivity contribution < 1.29 is 0 Å². The molecule has 2 rings (SSSR count). The molecule has 0 aliphatic heterocycles. The average molecular weight is 308 g/mol. The maximum atomic E-state index is 4.33. The molecule has 1 unspecified atom stereocenters. The molecule has 0 aliphatic carbocycles. The molecule has 1 aromatic heterocycles. The number of benzene rings is 1. The van der Waals surface area contributed by atoms with Gasteiger partial charge in [0, 0.05) is 17.2 Å². The summed E-state index contributed by atoms with van der Waals surface area (Å²) >= 11 is 3.46. The number of nitrogens with zero attached hydrogens (tertiary/aromatic N) is 2. The van der Waals surface area contributed by atoms with Crippen LogP contribution in [0.3, 0.4) is 0 Å². The van der Waals surface area contributed by atoms with Crippen LogP contribution in [-0.2, 0) is 13.0 Å².